The molecule has 5 atom stereocenters. The summed E-state index contributed by atoms with van der Waals surface area (Å²) in [5.74, 6) is 0. The first-order valence-corrected chi connectivity index (χ1v) is 15.0. The summed E-state index contributed by atoms with van der Waals surface area (Å²) in [6.45, 7) is 6.45. The number of aliphatic hydroxyl groups is 2. The van der Waals surface area contributed by atoms with Gasteiger partial charge in [0.05, 0.1) is 12.1 Å². The van der Waals surface area contributed by atoms with Gasteiger partial charge in [-0.2, -0.15) is 0 Å². The van der Waals surface area contributed by atoms with Crippen LogP contribution in [-0.2, 0) is 12.8 Å². The van der Waals surface area contributed by atoms with Crippen molar-refractivity contribution < 1.29 is 15.0 Å². The number of nitrogens with zero attached hydrogens (tertiary/aromatic N) is 1. The molecule has 5 unspecified atom stereocenters. The Labute approximate surface area is 257 Å². The minimum atomic E-state index is -1.11. The molecule has 230 valence electrons. The molecular formula is C36H48N4O3. The van der Waals surface area contributed by atoms with Gasteiger partial charge in [0, 0.05) is 18.3 Å². The van der Waals surface area contributed by atoms with Gasteiger partial charge in [0.15, 0.2) is 0 Å². The largest absolute Gasteiger partial charge is 0.399 e. The van der Waals surface area contributed by atoms with E-state index in [2.05, 4.69) is 30.5 Å². The fourth-order valence-corrected chi connectivity index (χ4v) is 5.28. The maximum absolute atomic E-state index is 13.4. The summed E-state index contributed by atoms with van der Waals surface area (Å²) in [5, 5.41) is 25.4. The van der Waals surface area contributed by atoms with E-state index in [1.165, 1.54) is 5.57 Å². The molecule has 0 saturated carbocycles. The van der Waals surface area contributed by atoms with E-state index >= 15 is 0 Å². The van der Waals surface area contributed by atoms with Crippen LogP contribution in [0.25, 0.3) is 0 Å². The Morgan fingerprint density at radius 1 is 1.05 bits per heavy atom. The quantitative estimate of drug-likeness (QED) is 0.267. The average Bonchev–Trinajstić information content (AvgIpc) is 3.24. The standard InChI is InChI=1S/C27H31N3O3.C9H17N/c28-22-13-7-12-21(14-15-22)18-30-24(17-20-10-5-2-6-11-20)26(32)25(31)23(29-27(30)33)16-19-8-3-1-4-9-19;1-4-5-6-8(2)7-9(3)10/h1-13,15,23-26,31-32H,14,16-18,28H2,(H,29,33);4-5,7,9H,6,10H2,1-3H3/b;5-4-,8-7-. The first kappa shape index (κ1) is 33.6. The van der Waals surface area contributed by atoms with E-state index in [4.69, 9.17) is 11.5 Å². The number of rotatable bonds is 9. The number of nitrogens with two attached hydrogens (primary N) is 2. The Morgan fingerprint density at radius 2 is 1.67 bits per heavy atom. The van der Waals surface area contributed by atoms with E-state index in [1.54, 1.807) is 4.90 Å². The molecule has 1 saturated heterocycles. The molecule has 7 N–H and O–H groups in total. The summed E-state index contributed by atoms with van der Waals surface area (Å²) in [4.78, 5) is 15.1. The van der Waals surface area contributed by atoms with Crippen LogP contribution in [0.3, 0.4) is 0 Å². The zero-order valence-corrected chi connectivity index (χ0v) is 25.6. The minimum absolute atomic E-state index is 0.185. The lowest BCUT2D eigenvalue weighted by Gasteiger charge is -2.34. The normalized spacial score (nSPS) is 23.3. The van der Waals surface area contributed by atoms with Gasteiger partial charge in [-0.05, 0) is 69.2 Å². The highest BCUT2D eigenvalue weighted by atomic mass is 16.3. The molecule has 43 heavy (non-hydrogen) atoms. The van der Waals surface area contributed by atoms with E-state index in [-0.39, 0.29) is 12.1 Å². The number of hydrogen-bond donors (Lipinski definition) is 5. The van der Waals surface area contributed by atoms with Gasteiger partial charge >= 0.3 is 6.03 Å². The molecule has 0 aromatic heterocycles. The van der Waals surface area contributed by atoms with Gasteiger partial charge in [-0.25, -0.2) is 4.79 Å². The summed E-state index contributed by atoms with van der Waals surface area (Å²) in [6, 6.07) is 18.1. The van der Waals surface area contributed by atoms with Gasteiger partial charge in [0.2, 0.25) is 0 Å². The third-order valence-electron chi connectivity index (χ3n) is 7.53. The number of benzene rings is 2. The first-order valence-electron chi connectivity index (χ1n) is 15.0. The molecule has 2 amide bonds. The lowest BCUT2D eigenvalue weighted by atomic mass is 9.91. The van der Waals surface area contributed by atoms with Gasteiger partial charge in [-0.1, -0.05) is 103 Å². The van der Waals surface area contributed by atoms with Crippen LogP contribution in [0.4, 0.5) is 4.79 Å². The number of urea groups is 1. The zero-order chi connectivity index (χ0) is 31.2. The molecule has 0 radical (unpaired) electrons. The number of amides is 2. The van der Waals surface area contributed by atoms with Crippen LogP contribution >= 0.6 is 0 Å². The predicted molar refractivity (Wildman–Crippen MR) is 176 cm³/mol. The van der Waals surface area contributed by atoms with Gasteiger partial charge in [-0.15, -0.1) is 0 Å². The molecule has 1 fully saturated rings. The van der Waals surface area contributed by atoms with Crippen LogP contribution < -0.4 is 16.8 Å². The number of carbonyl (C=O) groups excluding carboxylic acids is 1. The second-order valence-electron chi connectivity index (χ2n) is 11.3. The van der Waals surface area contributed by atoms with E-state index in [0.717, 1.165) is 23.1 Å². The number of nitrogens with one attached hydrogen (secondary N) is 1. The monoisotopic (exact) mass is 584 g/mol. The number of carbonyl (C=O) groups is 1. The molecule has 4 rings (SSSR count). The molecule has 0 spiro atoms. The van der Waals surface area contributed by atoms with Crippen molar-refractivity contribution in [1.29, 1.82) is 0 Å². The van der Waals surface area contributed by atoms with Crippen molar-refractivity contribution in [2.24, 2.45) is 11.5 Å². The maximum Gasteiger partial charge on any atom is 0.318 e. The molecule has 1 aliphatic heterocycles. The molecule has 2 aromatic rings. The second-order valence-corrected chi connectivity index (χ2v) is 11.3. The summed E-state index contributed by atoms with van der Waals surface area (Å²) >= 11 is 0. The third-order valence-corrected chi connectivity index (χ3v) is 7.53. The zero-order valence-electron chi connectivity index (χ0n) is 25.6. The van der Waals surface area contributed by atoms with Gasteiger partial charge in [-0.3, -0.25) is 0 Å². The van der Waals surface area contributed by atoms with Crippen LogP contribution in [0.15, 0.2) is 120 Å². The molecule has 1 aliphatic carbocycles. The molecular weight excluding hydrogens is 536 g/mol. The molecule has 0 bridgehead atoms. The van der Waals surface area contributed by atoms with Gasteiger partial charge in [0.1, 0.15) is 12.2 Å². The van der Waals surface area contributed by atoms with Gasteiger partial charge in [0.25, 0.3) is 0 Å². The maximum atomic E-state index is 13.4. The van der Waals surface area contributed by atoms with Crippen LogP contribution in [0.5, 0.6) is 0 Å². The molecule has 2 aromatic carbocycles. The Balaban J connectivity index is 0.000000436. The molecule has 1 heterocycles. The Morgan fingerprint density at radius 3 is 2.28 bits per heavy atom. The molecule has 7 nitrogen and oxygen atoms in total. The highest BCUT2D eigenvalue weighted by molar-refractivity contribution is 5.76. The number of aliphatic hydroxyl groups excluding tert-OH is 2. The molecule has 7 heteroatoms. The Kier molecular flexibility index (Phi) is 13.5. The van der Waals surface area contributed by atoms with E-state index in [9.17, 15) is 15.0 Å². The average molecular weight is 585 g/mol. The van der Waals surface area contributed by atoms with Gasteiger partial charge < -0.3 is 31.9 Å². The first-order chi connectivity index (χ1) is 20.7. The number of allylic oxidation sites excluding steroid dienone is 7. The topological polar surface area (TPSA) is 125 Å². The highest BCUT2D eigenvalue weighted by Crippen LogP contribution is 2.24. The minimum Gasteiger partial charge on any atom is -0.399 e. The summed E-state index contributed by atoms with van der Waals surface area (Å²) < 4.78 is 0. The third kappa shape index (κ3) is 11.0. The Bertz CT molecular complexity index is 1300. The highest BCUT2D eigenvalue weighted by Gasteiger charge is 2.42. The van der Waals surface area contributed by atoms with Crippen LogP contribution in [0.1, 0.15) is 44.7 Å². The summed E-state index contributed by atoms with van der Waals surface area (Å²) in [6.07, 6.45) is 14.1. The van der Waals surface area contributed by atoms with Crippen molar-refractivity contribution >= 4 is 6.03 Å². The summed E-state index contributed by atoms with van der Waals surface area (Å²) in [7, 11) is 0. The van der Waals surface area contributed by atoms with Crippen LogP contribution in [-0.4, -0.2) is 58.0 Å². The Hall–Kier alpha value is -3.91. The van der Waals surface area contributed by atoms with Crippen molar-refractivity contribution in [3.8, 4) is 0 Å². The predicted octanol–water partition coefficient (Wildman–Crippen LogP) is 4.93. The van der Waals surface area contributed by atoms with E-state index in [0.29, 0.717) is 31.5 Å². The van der Waals surface area contributed by atoms with E-state index in [1.807, 2.05) is 98.8 Å². The van der Waals surface area contributed by atoms with Crippen molar-refractivity contribution in [3.05, 3.63) is 131 Å². The van der Waals surface area contributed by atoms with Crippen molar-refractivity contribution in [1.82, 2.24) is 10.2 Å². The van der Waals surface area contributed by atoms with E-state index < -0.39 is 24.3 Å². The van der Waals surface area contributed by atoms with Crippen molar-refractivity contribution in [3.63, 3.8) is 0 Å². The van der Waals surface area contributed by atoms with Crippen LogP contribution in [0, 0.1) is 0 Å². The lowest BCUT2D eigenvalue weighted by molar-refractivity contribution is -0.0284. The fourth-order valence-electron chi connectivity index (χ4n) is 5.28. The smallest absolute Gasteiger partial charge is 0.318 e. The van der Waals surface area contributed by atoms with Crippen molar-refractivity contribution in [2.75, 3.05) is 6.54 Å². The summed E-state index contributed by atoms with van der Waals surface area (Å²) in [5.41, 5.74) is 16.5. The number of hydrogen-bond acceptors (Lipinski definition) is 5. The molecule has 2 aliphatic rings. The van der Waals surface area contributed by atoms with Crippen LogP contribution in [0.2, 0.25) is 0 Å². The fraction of sp³-hybridized carbons (Fsp3) is 0.361. The SMILES string of the molecule is C/C=C\C/C(C)=C\C(C)N.NC1=CCC(CN2C(=O)NC(Cc3ccccc3)C(O)C(O)C2Cc2ccccc2)=CC=C1. The van der Waals surface area contributed by atoms with Crippen molar-refractivity contribution in [2.45, 2.75) is 76.8 Å². The lowest BCUT2D eigenvalue weighted by Crippen LogP contribution is -2.51. The second kappa shape index (κ2) is 17.3.